The monoisotopic (exact) mass is 915 g/mol. The molecule has 3 aromatic heterocycles. The quantitative estimate of drug-likeness (QED) is 0.0424. The molecule has 2 aromatic carbocycles. The molecule has 66 heavy (non-hydrogen) atoms. The molecule has 5 aromatic rings. The Labute approximate surface area is 388 Å². The highest BCUT2D eigenvalue weighted by atomic mass is 32.1. The minimum absolute atomic E-state index is 0.0269. The molecule has 17 nitrogen and oxygen atoms in total. The third kappa shape index (κ3) is 11.6. The lowest BCUT2D eigenvalue weighted by Crippen LogP contribution is -2.48. The molecule has 2 aliphatic heterocycles. The maximum atomic E-state index is 14.2. The molecule has 0 unspecified atom stereocenters. The number of nitrogens with zero attached hydrogens (tertiary/aromatic N) is 7. The summed E-state index contributed by atoms with van der Waals surface area (Å²) in [5, 5.41) is 48.8. The number of allylic oxidation sites excluding steroid dienone is 1. The van der Waals surface area contributed by atoms with E-state index in [0.717, 1.165) is 47.9 Å². The van der Waals surface area contributed by atoms with E-state index in [0.29, 0.717) is 48.7 Å². The molecule has 2 amide bonds. The number of carbonyl (C=O) groups is 2. The van der Waals surface area contributed by atoms with Crippen molar-refractivity contribution in [2.24, 2.45) is 11.7 Å². The van der Waals surface area contributed by atoms with Gasteiger partial charge in [-0.3, -0.25) is 29.5 Å². The second-order valence-corrected chi connectivity index (χ2v) is 17.8. The summed E-state index contributed by atoms with van der Waals surface area (Å²) >= 11 is 1.58. The number of nitrogens with one attached hydrogen (secondary N) is 3. The van der Waals surface area contributed by atoms with Gasteiger partial charge in [-0.25, -0.2) is 4.98 Å². The van der Waals surface area contributed by atoms with Crippen molar-refractivity contribution in [3.05, 3.63) is 107 Å². The second-order valence-electron chi connectivity index (χ2n) is 17.0. The fourth-order valence-electron chi connectivity index (χ4n) is 8.19. The number of rotatable bonds is 17. The largest absolute Gasteiger partial charge is 0.507 e. The second kappa shape index (κ2) is 21.6. The van der Waals surface area contributed by atoms with Gasteiger partial charge in [0.05, 0.1) is 46.7 Å². The van der Waals surface area contributed by atoms with E-state index < -0.39 is 18.1 Å². The lowest BCUT2D eigenvalue weighted by molar-refractivity contribution is -0.141. The van der Waals surface area contributed by atoms with Crippen molar-refractivity contribution >= 4 is 40.3 Å². The number of aliphatic hydroxyl groups is 1. The first-order valence-electron chi connectivity index (χ1n) is 22.0. The van der Waals surface area contributed by atoms with E-state index in [-0.39, 0.29) is 59.9 Å². The summed E-state index contributed by atoms with van der Waals surface area (Å²) in [5.74, 6) is 5.22. The van der Waals surface area contributed by atoms with Crippen LogP contribution >= 0.6 is 11.3 Å². The summed E-state index contributed by atoms with van der Waals surface area (Å²) in [6.45, 7) is 13.1. The zero-order valence-electron chi connectivity index (χ0n) is 37.6. The minimum Gasteiger partial charge on any atom is -0.507 e. The van der Waals surface area contributed by atoms with Crippen LogP contribution in [0.2, 0.25) is 0 Å². The number of hydrogen-bond acceptors (Lipinski definition) is 14. The van der Waals surface area contributed by atoms with Gasteiger partial charge >= 0.3 is 0 Å². The van der Waals surface area contributed by atoms with Gasteiger partial charge in [0, 0.05) is 74.7 Å². The number of likely N-dealkylation sites (tertiary alicyclic amines) is 1. The van der Waals surface area contributed by atoms with Gasteiger partial charge in [0.25, 0.3) is 5.88 Å². The summed E-state index contributed by atoms with van der Waals surface area (Å²) in [7, 11) is 0. The molecule has 2 aliphatic rings. The topological polar surface area (TPSA) is 236 Å². The molecule has 7 rings (SSSR count). The van der Waals surface area contributed by atoms with Crippen molar-refractivity contribution in [2.45, 2.75) is 64.8 Å². The molecule has 2 saturated heterocycles. The number of aryl methyl sites for hydroxylation is 1. The first-order chi connectivity index (χ1) is 31.7. The van der Waals surface area contributed by atoms with Crippen LogP contribution in [-0.2, 0) is 16.1 Å². The van der Waals surface area contributed by atoms with Crippen molar-refractivity contribution in [2.75, 3.05) is 52.4 Å². The SMILES string of the molecule is Cc1ncsc1-c1ccc([C@H](C)NC(=O)[C@@H]2C[C@@H](O)CN2C(=O)[C@@H](c2cc(OCCN3CCN(CC#CCn4cc(/C(=C/C(=N)c5ccccc5O)C(=N)N)cn4)CC3)no2)C(C)C)cc1. The highest BCUT2D eigenvalue weighted by Gasteiger charge is 2.43. The number of piperazine rings is 1. The Morgan fingerprint density at radius 3 is 2.48 bits per heavy atom. The summed E-state index contributed by atoms with van der Waals surface area (Å²) in [6.07, 6.45) is 4.07. The van der Waals surface area contributed by atoms with Crippen molar-refractivity contribution in [3.8, 4) is 33.9 Å². The average Bonchev–Trinajstić information content (AvgIpc) is 4.13. The first kappa shape index (κ1) is 47.3. The number of amidine groups is 1. The Balaban J connectivity index is 0.846. The number of phenolic OH excluding ortho intramolecular Hbond substituents is 1. The average molecular weight is 916 g/mol. The summed E-state index contributed by atoms with van der Waals surface area (Å²) < 4.78 is 13.3. The summed E-state index contributed by atoms with van der Waals surface area (Å²) in [5.41, 5.74) is 11.9. The third-order valence-electron chi connectivity index (χ3n) is 11.9. The maximum absolute atomic E-state index is 14.2. The molecule has 0 radical (unpaired) electrons. The molecular formula is C48H57N11O6S. The number of phenols is 1. The van der Waals surface area contributed by atoms with Crippen molar-refractivity contribution in [1.29, 1.82) is 10.8 Å². The van der Waals surface area contributed by atoms with Gasteiger partial charge < -0.3 is 40.8 Å². The number of carbonyl (C=O) groups excluding carboxylic acids is 2. The number of β-amino-alcohol motifs (C(OH)–C–C–N with tert-alkyl or cyclic N) is 1. The Hall–Kier alpha value is -6.65. The van der Waals surface area contributed by atoms with Gasteiger partial charge in [0.1, 0.15) is 36.7 Å². The van der Waals surface area contributed by atoms with Crippen LogP contribution in [0.3, 0.4) is 0 Å². The van der Waals surface area contributed by atoms with Gasteiger partial charge in [0.2, 0.25) is 11.8 Å². The van der Waals surface area contributed by atoms with E-state index in [4.69, 9.17) is 25.8 Å². The molecular weight excluding hydrogens is 859 g/mol. The first-order valence-corrected chi connectivity index (χ1v) is 22.9. The number of amides is 2. The standard InChI is InChI=1S/C48H57N11O6S/c1-30(2)44(48(63)59-28-36(60)23-40(59)47(62)54-31(3)33-11-13-34(14-12-33)45-32(4)52-29-66-45)42-25-43(55-65-42)64-22-21-57-19-17-56(18-20-57)15-7-8-16-58-27-35(26-53-58)38(46(50)51)24-39(49)37-9-5-6-10-41(37)61/h5-6,9-14,24-27,29-31,36,40,44,49,60-61H,15-23,28H2,1-4H3,(H3,50,51)(H,54,62)/b38-24-,49-39?/t31-,36+,40-,44+/m0/s1. The normalized spacial score (nSPS) is 17.8. The number of thiazole rings is 1. The number of aromatic nitrogens is 4. The van der Waals surface area contributed by atoms with Crippen LogP contribution in [0.15, 0.2) is 83.1 Å². The molecule has 5 heterocycles. The Morgan fingerprint density at radius 2 is 1.79 bits per heavy atom. The number of aromatic hydroxyl groups is 1. The fourth-order valence-corrected chi connectivity index (χ4v) is 9.00. The van der Waals surface area contributed by atoms with Gasteiger partial charge in [0.15, 0.2) is 5.76 Å². The van der Waals surface area contributed by atoms with Crippen molar-refractivity contribution in [1.82, 2.24) is 39.9 Å². The van der Waals surface area contributed by atoms with E-state index in [1.165, 1.54) is 17.0 Å². The van der Waals surface area contributed by atoms with Gasteiger partial charge in [-0.15, -0.1) is 11.3 Å². The Bertz CT molecular complexity index is 2600. The van der Waals surface area contributed by atoms with E-state index in [1.54, 1.807) is 52.7 Å². The Morgan fingerprint density at radius 1 is 1.06 bits per heavy atom. The molecule has 0 spiro atoms. The number of para-hydroxylation sites is 1. The zero-order chi connectivity index (χ0) is 46.9. The van der Waals surface area contributed by atoms with Crippen molar-refractivity contribution < 1.29 is 29.1 Å². The molecule has 0 saturated carbocycles. The fraction of sp³-hybridized carbons (Fsp3) is 0.396. The van der Waals surface area contributed by atoms with Gasteiger partial charge in [-0.2, -0.15) is 5.10 Å². The van der Waals surface area contributed by atoms with Gasteiger partial charge in [-0.1, -0.05) is 62.1 Å². The maximum Gasteiger partial charge on any atom is 0.254 e. The predicted octanol–water partition coefficient (Wildman–Crippen LogP) is 4.67. The summed E-state index contributed by atoms with van der Waals surface area (Å²) in [6, 6.07) is 15.0. The van der Waals surface area contributed by atoms with Gasteiger partial charge in [-0.05, 0) is 54.3 Å². The lowest BCUT2D eigenvalue weighted by Gasteiger charge is -2.33. The number of ether oxygens (including phenoxy) is 1. The smallest absolute Gasteiger partial charge is 0.254 e. The lowest BCUT2D eigenvalue weighted by atomic mass is 9.91. The van der Waals surface area contributed by atoms with Crippen molar-refractivity contribution in [3.63, 3.8) is 0 Å². The molecule has 2 fully saturated rings. The highest BCUT2D eigenvalue weighted by molar-refractivity contribution is 7.13. The van der Waals surface area contributed by atoms with Crippen LogP contribution in [0.25, 0.3) is 16.0 Å². The molecule has 7 N–H and O–H groups in total. The van der Waals surface area contributed by atoms with Crippen LogP contribution in [0.1, 0.15) is 67.3 Å². The van der Waals surface area contributed by atoms with E-state index >= 15 is 0 Å². The molecule has 18 heteroatoms. The van der Waals surface area contributed by atoms with Crippen LogP contribution in [0, 0.1) is 35.5 Å². The predicted molar refractivity (Wildman–Crippen MR) is 252 cm³/mol. The minimum atomic E-state index is -0.837. The highest BCUT2D eigenvalue weighted by Crippen LogP contribution is 2.33. The molecule has 0 aliphatic carbocycles. The van der Waals surface area contributed by atoms with Crippen LogP contribution in [0.4, 0.5) is 0 Å². The molecule has 346 valence electrons. The van der Waals surface area contributed by atoms with E-state index in [9.17, 15) is 19.8 Å². The van der Waals surface area contributed by atoms with Crippen LogP contribution in [-0.4, -0.2) is 133 Å². The van der Waals surface area contributed by atoms with Crippen LogP contribution < -0.4 is 15.8 Å². The van der Waals surface area contributed by atoms with E-state index in [2.05, 4.69) is 42.2 Å². The molecule has 4 atom stereocenters. The number of benzene rings is 2. The zero-order valence-corrected chi connectivity index (χ0v) is 38.4. The third-order valence-corrected chi connectivity index (χ3v) is 12.9. The number of aliphatic hydroxyl groups excluding tert-OH is 1. The van der Waals surface area contributed by atoms with Crippen LogP contribution in [0.5, 0.6) is 11.6 Å². The summed E-state index contributed by atoms with van der Waals surface area (Å²) in [4.78, 5) is 39.3. The Kier molecular flexibility index (Phi) is 15.5. The number of nitrogens with two attached hydrogens (primary N) is 1. The van der Waals surface area contributed by atoms with E-state index in [1.807, 2.05) is 57.5 Å². The number of hydrogen-bond donors (Lipinski definition) is 6. The molecule has 0 bridgehead atoms.